The minimum absolute atomic E-state index is 0.117. The normalized spacial score (nSPS) is 11.1. The first-order chi connectivity index (χ1) is 17.7. The van der Waals surface area contributed by atoms with E-state index in [1.54, 1.807) is 36.4 Å². The fourth-order valence-electron chi connectivity index (χ4n) is 3.42. The van der Waals surface area contributed by atoms with Gasteiger partial charge in [0.2, 0.25) is 0 Å². The Kier molecular flexibility index (Phi) is 8.11. The number of amides is 1. The van der Waals surface area contributed by atoms with Gasteiger partial charge in [0.25, 0.3) is 15.9 Å². The van der Waals surface area contributed by atoms with Gasteiger partial charge in [-0.25, -0.2) is 12.8 Å². The Morgan fingerprint density at radius 2 is 1.54 bits per heavy atom. The van der Waals surface area contributed by atoms with E-state index in [-0.39, 0.29) is 33.5 Å². The molecule has 0 spiro atoms. The lowest BCUT2D eigenvalue weighted by Crippen LogP contribution is -2.23. The molecule has 37 heavy (non-hydrogen) atoms. The highest BCUT2D eigenvalue weighted by Gasteiger charge is 2.16. The lowest BCUT2D eigenvalue weighted by Gasteiger charge is -2.11. The quantitative estimate of drug-likeness (QED) is 0.270. The van der Waals surface area contributed by atoms with Crippen molar-refractivity contribution in [2.24, 2.45) is 0 Å². The molecular weight excluding hydrogens is 515 g/mol. The minimum Gasteiger partial charge on any atom is -0.489 e. The second kappa shape index (κ2) is 11.5. The highest BCUT2D eigenvalue weighted by molar-refractivity contribution is 7.92. The summed E-state index contributed by atoms with van der Waals surface area (Å²) in [5, 5.41) is 2.92. The van der Waals surface area contributed by atoms with E-state index in [4.69, 9.17) is 16.3 Å². The van der Waals surface area contributed by atoms with Crippen LogP contribution in [0.4, 0.5) is 10.1 Å². The summed E-state index contributed by atoms with van der Waals surface area (Å²) in [6, 6.07) is 24.1. The Balaban J connectivity index is 1.32. The van der Waals surface area contributed by atoms with E-state index in [2.05, 4.69) is 10.0 Å². The maximum atomic E-state index is 13.0. The number of carbonyl (C=O) groups is 1. The number of benzene rings is 4. The molecule has 1 amide bonds. The first-order valence-corrected chi connectivity index (χ1v) is 13.2. The molecule has 4 rings (SSSR count). The van der Waals surface area contributed by atoms with E-state index >= 15 is 0 Å². The molecule has 0 atom stereocenters. The second-order valence-corrected chi connectivity index (χ2v) is 10.4. The lowest BCUT2D eigenvalue weighted by atomic mass is 10.1. The van der Waals surface area contributed by atoms with Crippen LogP contribution in [0.15, 0.2) is 95.9 Å². The molecule has 0 aliphatic rings. The van der Waals surface area contributed by atoms with E-state index < -0.39 is 15.9 Å². The van der Waals surface area contributed by atoms with Crippen LogP contribution >= 0.6 is 11.6 Å². The third-order valence-corrected chi connectivity index (χ3v) is 7.20. The van der Waals surface area contributed by atoms with Crippen molar-refractivity contribution in [2.45, 2.75) is 25.0 Å². The predicted octanol–water partition coefficient (Wildman–Crippen LogP) is 6.10. The third-order valence-electron chi connectivity index (χ3n) is 5.49. The maximum Gasteiger partial charge on any atom is 0.261 e. The molecule has 9 heteroatoms. The number of aryl methyl sites for hydroxylation is 1. The molecule has 0 aliphatic carbocycles. The largest absolute Gasteiger partial charge is 0.489 e. The minimum atomic E-state index is -3.79. The summed E-state index contributed by atoms with van der Waals surface area (Å²) in [4.78, 5) is 12.8. The molecule has 2 N–H and O–H groups in total. The summed E-state index contributed by atoms with van der Waals surface area (Å²) in [7, 11) is -3.79. The fraction of sp³-hybridized carbons (Fsp3) is 0.107. The molecule has 0 fully saturated rings. The maximum absolute atomic E-state index is 13.0. The van der Waals surface area contributed by atoms with Crippen molar-refractivity contribution in [3.63, 3.8) is 0 Å². The number of sulfonamides is 1. The van der Waals surface area contributed by atoms with Crippen LogP contribution in [-0.4, -0.2) is 14.3 Å². The number of carbonyl (C=O) groups excluding carboxylic acids is 1. The zero-order chi connectivity index (χ0) is 26.4. The molecule has 0 saturated heterocycles. The van der Waals surface area contributed by atoms with Gasteiger partial charge in [-0.15, -0.1) is 0 Å². The molecule has 6 nitrogen and oxygen atoms in total. The van der Waals surface area contributed by atoms with E-state index in [0.29, 0.717) is 12.4 Å². The standard InChI is InChI=1S/C28H24ClFN2O4S/c1-19-2-13-25(14-3-19)37(34,35)32-23-10-15-26(27(29)16-23)28(33)31-17-20-6-11-24(12-7-20)36-18-21-4-8-22(30)9-5-21/h2-16,32H,17-18H2,1H3,(H,31,33). The SMILES string of the molecule is Cc1ccc(S(=O)(=O)Nc2ccc(C(=O)NCc3ccc(OCc4ccc(F)cc4)cc3)c(Cl)c2)cc1. The predicted molar refractivity (Wildman–Crippen MR) is 142 cm³/mol. The number of anilines is 1. The van der Waals surface area contributed by atoms with Crippen molar-refractivity contribution in [3.8, 4) is 5.75 Å². The molecule has 0 aliphatic heterocycles. The molecule has 0 unspecified atom stereocenters. The van der Waals surface area contributed by atoms with Gasteiger partial charge in [-0.05, 0) is 72.6 Å². The summed E-state index contributed by atoms with van der Waals surface area (Å²) in [5.74, 6) is -0.0455. The Bertz CT molecular complexity index is 1490. The number of nitrogens with one attached hydrogen (secondary N) is 2. The van der Waals surface area contributed by atoms with Crippen molar-refractivity contribution in [1.82, 2.24) is 5.32 Å². The zero-order valence-electron chi connectivity index (χ0n) is 19.9. The highest BCUT2D eigenvalue weighted by atomic mass is 35.5. The number of halogens is 2. The van der Waals surface area contributed by atoms with Gasteiger partial charge in [-0.2, -0.15) is 0 Å². The van der Waals surface area contributed by atoms with E-state index in [1.165, 1.54) is 42.5 Å². The number of rotatable bonds is 9. The molecule has 0 radical (unpaired) electrons. The van der Waals surface area contributed by atoms with Gasteiger partial charge in [0.1, 0.15) is 18.2 Å². The van der Waals surface area contributed by atoms with E-state index in [9.17, 15) is 17.6 Å². The van der Waals surface area contributed by atoms with Gasteiger partial charge < -0.3 is 10.1 Å². The first-order valence-electron chi connectivity index (χ1n) is 11.3. The van der Waals surface area contributed by atoms with E-state index in [0.717, 1.165) is 16.7 Å². The average molecular weight is 539 g/mol. The summed E-state index contributed by atoms with van der Waals surface area (Å²) >= 11 is 6.28. The summed E-state index contributed by atoms with van der Waals surface area (Å²) in [5.41, 5.74) is 3.12. The molecule has 0 bridgehead atoms. The van der Waals surface area contributed by atoms with Crippen molar-refractivity contribution in [3.05, 3.63) is 124 Å². The Morgan fingerprint density at radius 3 is 2.19 bits per heavy atom. The van der Waals surface area contributed by atoms with Crippen molar-refractivity contribution >= 4 is 33.2 Å². The third kappa shape index (κ3) is 7.09. The summed E-state index contributed by atoms with van der Waals surface area (Å²) in [6.07, 6.45) is 0. The average Bonchev–Trinajstić information content (AvgIpc) is 2.88. The molecule has 4 aromatic rings. The molecule has 0 aromatic heterocycles. The Labute approximate surface area is 220 Å². The van der Waals surface area contributed by atoms with Crippen molar-refractivity contribution < 1.29 is 22.3 Å². The van der Waals surface area contributed by atoms with Gasteiger partial charge in [0.15, 0.2) is 0 Å². The molecule has 190 valence electrons. The number of ether oxygens (including phenoxy) is 1. The first kappa shape index (κ1) is 26.2. The smallest absolute Gasteiger partial charge is 0.261 e. The highest BCUT2D eigenvalue weighted by Crippen LogP contribution is 2.24. The van der Waals surface area contributed by atoms with Gasteiger partial charge >= 0.3 is 0 Å². The fourth-order valence-corrected chi connectivity index (χ4v) is 4.74. The lowest BCUT2D eigenvalue weighted by molar-refractivity contribution is 0.0951. The van der Waals surface area contributed by atoms with Crippen LogP contribution in [-0.2, 0) is 23.2 Å². The Hall–Kier alpha value is -3.88. The summed E-state index contributed by atoms with van der Waals surface area (Å²) in [6.45, 7) is 2.44. The second-order valence-electron chi connectivity index (χ2n) is 8.35. The van der Waals surface area contributed by atoms with Crippen LogP contribution in [0.2, 0.25) is 5.02 Å². The molecule has 0 saturated carbocycles. The molecular formula is C28H24ClFN2O4S. The van der Waals surface area contributed by atoms with Crippen LogP contribution in [0.3, 0.4) is 0 Å². The van der Waals surface area contributed by atoms with Crippen LogP contribution in [0.5, 0.6) is 5.75 Å². The number of hydrogen-bond donors (Lipinski definition) is 2. The van der Waals surface area contributed by atoms with Gasteiger partial charge in [-0.3, -0.25) is 9.52 Å². The van der Waals surface area contributed by atoms with Crippen molar-refractivity contribution in [2.75, 3.05) is 4.72 Å². The van der Waals surface area contributed by atoms with Crippen LogP contribution < -0.4 is 14.8 Å². The zero-order valence-corrected chi connectivity index (χ0v) is 21.4. The van der Waals surface area contributed by atoms with Crippen LogP contribution in [0.1, 0.15) is 27.0 Å². The van der Waals surface area contributed by atoms with E-state index in [1.807, 2.05) is 19.1 Å². The summed E-state index contributed by atoms with van der Waals surface area (Å²) < 4.78 is 46.4. The van der Waals surface area contributed by atoms with Gasteiger partial charge in [-0.1, -0.05) is 53.6 Å². The number of hydrogen-bond acceptors (Lipinski definition) is 4. The topological polar surface area (TPSA) is 84.5 Å². The Morgan fingerprint density at radius 1 is 0.892 bits per heavy atom. The van der Waals surface area contributed by atoms with Crippen LogP contribution in [0, 0.1) is 12.7 Å². The molecule has 4 aromatic carbocycles. The molecule has 0 heterocycles. The van der Waals surface area contributed by atoms with Gasteiger partial charge in [0.05, 0.1) is 21.2 Å². The van der Waals surface area contributed by atoms with Gasteiger partial charge in [0, 0.05) is 6.54 Å². The van der Waals surface area contributed by atoms with Crippen molar-refractivity contribution in [1.29, 1.82) is 0 Å². The monoisotopic (exact) mass is 538 g/mol. The van der Waals surface area contributed by atoms with Crippen LogP contribution in [0.25, 0.3) is 0 Å².